The minimum Gasteiger partial charge on any atom is -0.496 e. The molecule has 2 aromatic carbocycles. The fourth-order valence-electron chi connectivity index (χ4n) is 3.98. The molecule has 0 fully saturated rings. The van der Waals surface area contributed by atoms with Crippen LogP contribution in [0.3, 0.4) is 0 Å². The molecule has 0 aliphatic heterocycles. The maximum Gasteiger partial charge on any atom is 0.244 e. The number of carbonyl (C=O) groups is 1. The molecule has 1 amide bonds. The van der Waals surface area contributed by atoms with Gasteiger partial charge in [-0.2, -0.15) is 0 Å². The number of aromatic nitrogens is 1. The van der Waals surface area contributed by atoms with Crippen LogP contribution in [0, 0.1) is 13.8 Å². The van der Waals surface area contributed by atoms with Crippen molar-refractivity contribution in [3.05, 3.63) is 71.1 Å². The van der Waals surface area contributed by atoms with E-state index in [2.05, 4.69) is 22.4 Å². The number of ether oxygens (including phenoxy) is 1. The summed E-state index contributed by atoms with van der Waals surface area (Å²) in [5.74, 6) is 0.619. The lowest BCUT2D eigenvalue weighted by Gasteiger charge is -2.13. The van der Waals surface area contributed by atoms with Crippen molar-refractivity contribution < 1.29 is 13.9 Å². The number of benzene rings is 2. The van der Waals surface area contributed by atoms with Gasteiger partial charge in [0, 0.05) is 46.2 Å². The lowest BCUT2D eigenvalue weighted by atomic mass is 9.98. The van der Waals surface area contributed by atoms with E-state index in [-0.39, 0.29) is 5.91 Å². The molecule has 154 valence electrons. The maximum atomic E-state index is 12.5. The van der Waals surface area contributed by atoms with Gasteiger partial charge >= 0.3 is 0 Å². The molecule has 0 saturated carbocycles. The molecule has 0 bridgehead atoms. The topological polar surface area (TPSA) is 67.3 Å². The van der Waals surface area contributed by atoms with E-state index in [1.807, 2.05) is 45.2 Å². The number of nitrogens with one attached hydrogen (secondary N) is 2. The summed E-state index contributed by atoms with van der Waals surface area (Å²) in [5.41, 5.74) is 6.88. The highest BCUT2D eigenvalue weighted by atomic mass is 16.5. The normalized spacial score (nSPS) is 11.9. The van der Waals surface area contributed by atoms with Crippen molar-refractivity contribution in [1.82, 2.24) is 10.3 Å². The maximum absolute atomic E-state index is 12.5. The third-order valence-corrected chi connectivity index (χ3v) is 5.58. The van der Waals surface area contributed by atoms with Crippen LogP contribution in [0.4, 0.5) is 0 Å². The summed E-state index contributed by atoms with van der Waals surface area (Å²) in [6, 6.07) is 10.2. The number of methoxy groups -OCH3 is 1. The predicted molar refractivity (Wildman–Crippen MR) is 121 cm³/mol. The van der Waals surface area contributed by atoms with Crippen molar-refractivity contribution in [1.29, 1.82) is 0 Å². The van der Waals surface area contributed by atoms with Crippen LogP contribution >= 0.6 is 0 Å². The minimum absolute atomic E-state index is 0.115. The van der Waals surface area contributed by atoms with Crippen LogP contribution in [0.1, 0.15) is 29.2 Å². The van der Waals surface area contributed by atoms with Crippen molar-refractivity contribution in [2.75, 3.05) is 13.7 Å². The number of carbonyl (C=O) groups excluding carboxylic acids is 1. The number of fused-ring (bicyclic) bond motifs is 2. The van der Waals surface area contributed by atoms with Gasteiger partial charge in [-0.1, -0.05) is 18.2 Å². The van der Waals surface area contributed by atoms with Crippen molar-refractivity contribution in [3.8, 4) is 5.75 Å². The molecular formula is C25H26N2O3. The number of aromatic amines is 1. The molecule has 4 aromatic rings. The van der Waals surface area contributed by atoms with Crippen molar-refractivity contribution >= 4 is 33.4 Å². The van der Waals surface area contributed by atoms with Crippen LogP contribution in [-0.2, 0) is 11.2 Å². The Hall–Kier alpha value is -3.47. The average Bonchev–Trinajstić information content (AvgIpc) is 3.32. The van der Waals surface area contributed by atoms with E-state index in [1.165, 1.54) is 10.9 Å². The summed E-state index contributed by atoms with van der Waals surface area (Å²) in [7, 11) is 1.64. The summed E-state index contributed by atoms with van der Waals surface area (Å²) in [6.45, 7) is 6.48. The van der Waals surface area contributed by atoms with Gasteiger partial charge in [0.05, 0.1) is 13.4 Å². The molecule has 0 saturated heterocycles. The number of para-hydroxylation sites is 1. The fourth-order valence-corrected chi connectivity index (χ4v) is 3.98. The molecular weight excluding hydrogens is 376 g/mol. The first-order valence-electron chi connectivity index (χ1n) is 10.1. The highest BCUT2D eigenvalue weighted by molar-refractivity contribution is 5.98. The lowest BCUT2D eigenvalue weighted by Crippen LogP contribution is -2.23. The number of hydrogen-bond acceptors (Lipinski definition) is 3. The Morgan fingerprint density at radius 2 is 2.03 bits per heavy atom. The van der Waals surface area contributed by atoms with Gasteiger partial charge in [0.15, 0.2) is 0 Å². The van der Waals surface area contributed by atoms with Crippen LogP contribution in [0.15, 0.2) is 53.3 Å². The van der Waals surface area contributed by atoms with Gasteiger partial charge < -0.3 is 19.5 Å². The second kappa shape index (κ2) is 8.11. The molecule has 0 atom stereocenters. The van der Waals surface area contributed by atoms with E-state index < -0.39 is 0 Å². The standard InChI is InChI=1S/C25H26N2O3/c1-15(20-12-21-16(2)14-30-25(21)17(3)24(20)29-4)11-23(28)26-10-9-18-13-27-22-8-6-5-7-19(18)22/h5-8,11-14,27H,9-10H2,1-4H3,(H,26,28)/b15-11+. The van der Waals surface area contributed by atoms with Gasteiger partial charge in [-0.15, -0.1) is 0 Å². The van der Waals surface area contributed by atoms with Crippen LogP contribution in [0.2, 0.25) is 0 Å². The van der Waals surface area contributed by atoms with E-state index in [4.69, 9.17) is 9.15 Å². The highest BCUT2D eigenvalue weighted by Crippen LogP contribution is 2.37. The molecule has 0 aliphatic rings. The van der Waals surface area contributed by atoms with E-state index in [0.29, 0.717) is 6.54 Å². The Morgan fingerprint density at radius 1 is 1.23 bits per heavy atom. The van der Waals surface area contributed by atoms with Gasteiger partial charge in [0.2, 0.25) is 5.91 Å². The summed E-state index contributed by atoms with van der Waals surface area (Å²) in [5, 5.41) is 5.23. The van der Waals surface area contributed by atoms with Gasteiger partial charge in [-0.05, 0) is 56.0 Å². The van der Waals surface area contributed by atoms with E-state index in [9.17, 15) is 4.79 Å². The monoisotopic (exact) mass is 402 g/mol. The van der Waals surface area contributed by atoms with Gasteiger partial charge in [-0.25, -0.2) is 0 Å². The first-order valence-corrected chi connectivity index (χ1v) is 10.1. The number of H-pyrrole nitrogens is 1. The number of hydrogen-bond donors (Lipinski definition) is 2. The summed E-state index contributed by atoms with van der Waals surface area (Å²) < 4.78 is 11.3. The third-order valence-electron chi connectivity index (χ3n) is 5.58. The van der Waals surface area contributed by atoms with E-state index in [0.717, 1.165) is 50.9 Å². The van der Waals surface area contributed by atoms with E-state index in [1.54, 1.807) is 19.4 Å². The molecule has 4 rings (SSSR count). The van der Waals surface area contributed by atoms with Gasteiger partial charge in [0.25, 0.3) is 0 Å². The zero-order valence-electron chi connectivity index (χ0n) is 17.8. The second-order valence-corrected chi connectivity index (χ2v) is 7.61. The van der Waals surface area contributed by atoms with E-state index >= 15 is 0 Å². The first kappa shape index (κ1) is 19.8. The summed E-state index contributed by atoms with van der Waals surface area (Å²) >= 11 is 0. The molecule has 2 aromatic heterocycles. The number of amides is 1. The second-order valence-electron chi connectivity index (χ2n) is 7.61. The Labute approximate surface area is 175 Å². The van der Waals surface area contributed by atoms with Crippen LogP contribution in [0.25, 0.3) is 27.4 Å². The molecule has 5 nitrogen and oxygen atoms in total. The van der Waals surface area contributed by atoms with Crippen LogP contribution < -0.4 is 10.1 Å². The molecule has 0 spiro atoms. The van der Waals surface area contributed by atoms with Crippen molar-refractivity contribution in [3.63, 3.8) is 0 Å². The Bertz CT molecular complexity index is 1260. The predicted octanol–water partition coefficient (Wildman–Crippen LogP) is 5.30. The molecule has 5 heteroatoms. The summed E-state index contributed by atoms with van der Waals surface area (Å²) in [4.78, 5) is 15.8. The van der Waals surface area contributed by atoms with Gasteiger partial charge in [0.1, 0.15) is 11.3 Å². The number of aryl methyl sites for hydroxylation is 2. The number of furan rings is 1. The molecule has 0 aliphatic carbocycles. The Morgan fingerprint density at radius 3 is 2.83 bits per heavy atom. The minimum atomic E-state index is -0.115. The number of rotatable bonds is 6. The Kier molecular flexibility index (Phi) is 5.36. The van der Waals surface area contributed by atoms with Crippen LogP contribution in [-0.4, -0.2) is 24.5 Å². The zero-order valence-corrected chi connectivity index (χ0v) is 17.8. The van der Waals surface area contributed by atoms with Crippen molar-refractivity contribution in [2.45, 2.75) is 27.2 Å². The largest absolute Gasteiger partial charge is 0.496 e. The molecule has 2 N–H and O–H groups in total. The molecule has 0 unspecified atom stereocenters. The fraction of sp³-hybridized carbons (Fsp3) is 0.240. The molecule has 0 radical (unpaired) electrons. The highest BCUT2D eigenvalue weighted by Gasteiger charge is 2.16. The number of allylic oxidation sites excluding steroid dienone is 1. The SMILES string of the molecule is COc1c(/C(C)=C/C(=O)NCCc2c[nH]c3ccccc23)cc2c(C)coc2c1C. The lowest BCUT2D eigenvalue weighted by molar-refractivity contribution is -0.116. The van der Waals surface area contributed by atoms with Gasteiger partial charge in [-0.3, -0.25) is 4.79 Å². The van der Waals surface area contributed by atoms with Crippen LogP contribution in [0.5, 0.6) is 5.75 Å². The smallest absolute Gasteiger partial charge is 0.244 e. The molecule has 2 heterocycles. The average molecular weight is 402 g/mol. The first-order chi connectivity index (χ1) is 14.5. The Balaban J connectivity index is 1.50. The quantitative estimate of drug-likeness (QED) is 0.430. The van der Waals surface area contributed by atoms with Crippen molar-refractivity contribution in [2.24, 2.45) is 0 Å². The molecule has 30 heavy (non-hydrogen) atoms. The third kappa shape index (κ3) is 3.59. The summed E-state index contributed by atoms with van der Waals surface area (Å²) in [6.07, 6.45) is 6.16. The zero-order chi connectivity index (χ0) is 21.3.